The molecule has 0 aliphatic heterocycles. The minimum absolute atomic E-state index is 0.123. The second-order valence-corrected chi connectivity index (χ2v) is 6.57. The van der Waals surface area contributed by atoms with Crippen LogP contribution in [0.15, 0.2) is 18.2 Å². The van der Waals surface area contributed by atoms with Gasteiger partial charge in [0.05, 0.1) is 0 Å². The predicted molar refractivity (Wildman–Crippen MR) is 83.3 cm³/mol. The van der Waals surface area contributed by atoms with Gasteiger partial charge in [0.15, 0.2) is 0 Å². The van der Waals surface area contributed by atoms with Crippen molar-refractivity contribution in [1.29, 1.82) is 0 Å². The lowest BCUT2D eigenvalue weighted by Crippen LogP contribution is -2.47. The highest BCUT2D eigenvalue weighted by atomic mass is 16.3. The monoisotopic (exact) mass is 288 g/mol. The van der Waals surface area contributed by atoms with Crippen LogP contribution < -0.4 is 10.6 Å². The van der Waals surface area contributed by atoms with Crippen molar-refractivity contribution in [3.8, 4) is 0 Å². The quantitative estimate of drug-likeness (QED) is 0.801. The second-order valence-electron chi connectivity index (χ2n) is 6.57. The number of rotatable bonds is 3. The zero-order valence-electron chi connectivity index (χ0n) is 12.7. The fourth-order valence-electron chi connectivity index (χ4n) is 4.21. The highest BCUT2D eigenvalue weighted by molar-refractivity contribution is 5.91. The van der Waals surface area contributed by atoms with E-state index in [0.717, 1.165) is 23.2 Å². The van der Waals surface area contributed by atoms with Crippen molar-refractivity contribution in [2.45, 2.75) is 39.2 Å². The van der Waals surface area contributed by atoms with Crippen molar-refractivity contribution < 1.29 is 9.90 Å². The van der Waals surface area contributed by atoms with E-state index < -0.39 is 0 Å². The third-order valence-corrected chi connectivity index (χ3v) is 5.32. The van der Waals surface area contributed by atoms with Crippen LogP contribution in [0.5, 0.6) is 0 Å². The molecule has 2 saturated carbocycles. The largest absolute Gasteiger partial charge is 0.396 e. The lowest BCUT2D eigenvalue weighted by atomic mass is 9.85. The molecule has 2 aliphatic carbocycles. The number of fused-ring (bicyclic) bond motifs is 2. The van der Waals surface area contributed by atoms with Crippen LogP contribution in [-0.2, 0) is 0 Å². The number of benzene rings is 1. The highest BCUT2D eigenvalue weighted by Gasteiger charge is 2.47. The Morgan fingerprint density at radius 2 is 1.90 bits per heavy atom. The van der Waals surface area contributed by atoms with Crippen LogP contribution in [0.1, 0.15) is 30.4 Å². The number of carbonyl (C=O) groups is 1. The molecule has 2 fully saturated rings. The number of hydrogen-bond acceptors (Lipinski definition) is 2. The van der Waals surface area contributed by atoms with Gasteiger partial charge < -0.3 is 15.7 Å². The maximum absolute atomic E-state index is 12.3. The molecule has 4 heteroatoms. The molecule has 0 aromatic heterocycles. The van der Waals surface area contributed by atoms with Crippen molar-refractivity contribution in [1.82, 2.24) is 5.32 Å². The lowest BCUT2D eigenvalue weighted by Gasteiger charge is -2.30. The molecular weight excluding hydrogens is 264 g/mol. The normalized spacial score (nSPS) is 30.4. The summed E-state index contributed by atoms with van der Waals surface area (Å²) in [7, 11) is 0. The zero-order chi connectivity index (χ0) is 15.0. The topological polar surface area (TPSA) is 61.4 Å². The first-order valence-electron chi connectivity index (χ1n) is 7.84. The number of aryl methyl sites for hydroxylation is 2. The molecule has 2 bridgehead atoms. The average Bonchev–Trinajstić information content (AvgIpc) is 3.04. The molecule has 1 aromatic rings. The van der Waals surface area contributed by atoms with E-state index in [1.807, 2.05) is 32.0 Å². The van der Waals surface area contributed by atoms with Crippen LogP contribution in [0.3, 0.4) is 0 Å². The van der Waals surface area contributed by atoms with Gasteiger partial charge in [-0.1, -0.05) is 18.2 Å². The number of nitrogens with one attached hydrogen (secondary N) is 2. The van der Waals surface area contributed by atoms with Crippen molar-refractivity contribution in [2.75, 3.05) is 11.9 Å². The molecule has 0 saturated heterocycles. The van der Waals surface area contributed by atoms with Gasteiger partial charge in [0.2, 0.25) is 0 Å². The minimum atomic E-state index is -0.150. The summed E-state index contributed by atoms with van der Waals surface area (Å²) in [5, 5.41) is 15.7. The SMILES string of the molecule is Cc1cccc(C)c1NC(=O)NC1C2CCC(C2)C1CO. The van der Waals surface area contributed by atoms with Gasteiger partial charge in [-0.25, -0.2) is 4.79 Å². The molecule has 0 radical (unpaired) electrons. The van der Waals surface area contributed by atoms with Crippen LogP contribution in [0.4, 0.5) is 10.5 Å². The molecule has 2 amide bonds. The summed E-state index contributed by atoms with van der Waals surface area (Å²) >= 11 is 0. The number of para-hydroxylation sites is 1. The van der Waals surface area contributed by atoms with Gasteiger partial charge in [-0.05, 0) is 56.1 Å². The Bertz CT molecular complexity index is 523. The van der Waals surface area contributed by atoms with E-state index in [9.17, 15) is 9.90 Å². The molecule has 3 N–H and O–H groups in total. The Kier molecular flexibility index (Phi) is 3.89. The van der Waals surface area contributed by atoms with Crippen LogP contribution in [-0.4, -0.2) is 23.8 Å². The summed E-state index contributed by atoms with van der Waals surface area (Å²) in [4.78, 5) is 12.3. The summed E-state index contributed by atoms with van der Waals surface area (Å²) in [6.45, 7) is 4.17. The second kappa shape index (κ2) is 5.68. The summed E-state index contributed by atoms with van der Waals surface area (Å²) in [5.74, 6) is 1.36. The van der Waals surface area contributed by atoms with E-state index in [2.05, 4.69) is 10.6 Å². The number of urea groups is 1. The number of anilines is 1. The summed E-state index contributed by atoms with van der Waals surface area (Å²) < 4.78 is 0. The van der Waals surface area contributed by atoms with E-state index in [1.165, 1.54) is 12.8 Å². The fraction of sp³-hybridized carbons (Fsp3) is 0.588. The number of amides is 2. The zero-order valence-corrected chi connectivity index (χ0v) is 12.7. The first kappa shape index (κ1) is 14.4. The molecule has 1 aromatic carbocycles. The Morgan fingerprint density at radius 1 is 1.24 bits per heavy atom. The maximum atomic E-state index is 12.3. The lowest BCUT2D eigenvalue weighted by molar-refractivity contribution is 0.146. The Morgan fingerprint density at radius 3 is 2.57 bits per heavy atom. The third-order valence-electron chi connectivity index (χ3n) is 5.32. The summed E-state index contributed by atoms with van der Waals surface area (Å²) in [6.07, 6.45) is 3.53. The number of aliphatic hydroxyl groups is 1. The van der Waals surface area contributed by atoms with Gasteiger partial charge in [0.1, 0.15) is 0 Å². The van der Waals surface area contributed by atoms with Crippen molar-refractivity contribution in [3.63, 3.8) is 0 Å². The molecule has 0 heterocycles. The maximum Gasteiger partial charge on any atom is 0.319 e. The van der Waals surface area contributed by atoms with E-state index >= 15 is 0 Å². The summed E-state index contributed by atoms with van der Waals surface area (Å²) in [6, 6.07) is 5.96. The van der Waals surface area contributed by atoms with E-state index in [1.54, 1.807) is 0 Å². The molecule has 21 heavy (non-hydrogen) atoms. The third kappa shape index (κ3) is 2.64. The molecular formula is C17H24N2O2. The van der Waals surface area contributed by atoms with E-state index in [4.69, 9.17) is 0 Å². The molecule has 4 nitrogen and oxygen atoms in total. The fourth-order valence-corrected chi connectivity index (χ4v) is 4.21. The van der Waals surface area contributed by atoms with Crippen LogP contribution in [0.25, 0.3) is 0 Å². The Balaban J connectivity index is 1.67. The first-order valence-corrected chi connectivity index (χ1v) is 7.84. The standard InChI is InChI=1S/C17H24N2O2/c1-10-4-3-5-11(2)15(10)18-17(21)19-16-13-7-6-12(8-13)14(16)9-20/h3-5,12-14,16,20H,6-9H2,1-2H3,(H2,18,19,21). The van der Waals surface area contributed by atoms with Crippen molar-refractivity contribution in [2.24, 2.45) is 17.8 Å². The van der Waals surface area contributed by atoms with Crippen LogP contribution in [0.2, 0.25) is 0 Å². The predicted octanol–water partition coefficient (Wildman–Crippen LogP) is 2.83. The van der Waals surface area contributed by atoms with Gasteiger partial charge in [-0.2, -0.15) is 0 Å². The molecule has 2 aliphatic rings. The number of aliphatic hydroxyl groups excluding tert-OH is 1. The van der Waals surface area contributed by atoms with Crippen LogP contribution >= 0.6 is 0 Å². The van der Waals surface area contributed by atoms with Crippen LogP contribution in [0, 0.1) is 31.6 Å². The summed E-state index contributed by atoms with van der Waals surface area (Å²) in [5.41, 5.74) is 3.02. The Hall–Kier alpha value is -1.55. The highest BCUT2D eigenvalue weighted by Crippen LogP contribution is 2.48. The molecule has 114 valence electrons. The number of carbonyl (C=O) groups excluding carboxylic acids is 1. The van der Waals surface area contributed by atoms with Gasteiger partial charge in [-0.15, -0.1) is 0 Å². The van der Waals surface area contributed by atoms with Gasteiger partial charge >= 0.3 is 6.03 Å². The molecule has 0 spiro atoms. The number of hydrogen-bond donors (Lipinski definition) is 3. The van der Waals surface area contributed by atoms with Gasteiger partial charge in [0, 0.05) is 24.3 Å². The van der Waals surface area contributed by atoms with E-state index in [-0.39, 0.29) is 24.6 Å². The minimum Gasteiger partial charge on any atom is -0.396 e. The Labute approximate surface area is 125 Å². The van der Waals surface area contributed by atoms with Gasteiger partial charge in [-0.3, -0.25) is 0 Å². The smallest absolute Gasteiger partial charge is 0.319 e. The van der Waals surface area contributed by atoms with Gasteiger partial charge in [0.25, 0.3) is 0 Å². The molecule has 4 unspecified atom stereocenters. The molecule has 4 atom stereocenters. The van der Waals surface area contributed by atoms with Crippen molar-refractivity contribution >= 4 is 11.7 Å². The van der Waals surface area contributed by atoms with E-state index in [0.29, 0.717) is 11.8 Å². The average molecular weight is 288 g/mol. The van der Waals surface area contributed by atoms with Crippen molar-refractivity contribution in [3.05, 3.63) is 29.3 Å². The first-order chi connectivity index (χ1) is 10.1. The molecule has 3 rings (SSSR count).